The number of carbonyl (C=O) groups is 2. The number of fused-ring (bicyclic) bond motifs is 1. The molecule has 0 bridgehead atoms. The van der Waals surface area contributed by atoms with E-state index in [1.165, 1.54) is 47.5 Å². The van der Waals surface area contributed by atoms with Gasteiger partial charge in [0, 0.05) is 4.88 Å². The van der Waals surface area contributed by atoms with E-state index in [4.69, 9.17) is 9.15 Å². The van der Waals surface area contributed by atoms with Crippen molar-refractivity contribution in [2.75, 3.05) is 0 Å². The molecule has 0 aromatic carbocycles. The van der Waals surface area contributed by atoms with E-state index in [0.29, 0.717) is 10.6 Å². The molecular weight excluding hydrogens is 338 g/mol. The Labute approximate surface area is 151 Å². The molecule has 25 heavy (non-hydrogen) atoms. The number of thiophene rings is 1. The molecule has 5 nitrogen and oxygen atoms in total. The fourth-order valence-corrected chi connectivity index (χ4v) is 4.08. The van der Waals surface area contributed by atoms with Crippen molar-refractivity contribution in [3.8, 4) is 0 Å². The third-order valence-electron chi connectivity index (χ3n) is 4.37. The van der Waals surface area contributed by atoms with Crippen LogP contribution in [0.25, 0.3) is 0 Å². The van der Waals surface area contributed by atoms with Crippen molar-refractivity contribution in [1.29, 1.82) is 0 Å². The van der Waals surface area contributed by atoms with Crippen molar-refractivity contribution in [3.63, 3.8) is 0 Å². The minimum Gasteiger partial charge on any atom is -0.467 e. The first kappa shape index (κ1) is 17.7. The number of carbonyl (C=O) groups excluding carboxylic acids is 2. The lowest BCUT2D eigenvalue weighted by atomic mass is 10.00. The minimum absolute atomic E-state index is 0.279. The number of hydrogen-bond donors (Lipinski definition) is 1. The van der Waals surface area contributed by atoms with Gasteiger partial charge in [-0.2, -0.15) is 0 Å². The molecule has 0 saturated heterocycles. The van der Waals surface area contributed by atoms with Crippen LogP contribution in [0.2, 0.25) is 0 Å². The molecule has 2 aromatic rings. The van der Waals surface area contributed by atoms with Gasteiger partial charge in [0.15, 0.2) is 6.10 Å². The predicted molar refractivity (Wildman–Crippen MR) is 95.6 cm³/mol. The van der Waals surface area contributed by atoms with Crippen LogP contribution in [0.3, 0.4) is 0 Å². The second kappa shape index (κ2) is 8.34. The highest BCUT2D eigenvalue weighted by Crippen LogP contribution is 2.29. The standard InChI is InChI=1S/C19H23NO4S/c1-13(18(21)20-12-15-8-6-10-23-15)24-19(22)17-11-14-7-4-2-3-5-9-16(14)25-17/h6,8,10-11,13H,2-5,7,9,12H2,1H3,(H,20,21). The van der Waals surface area contributed by atoms with E-state index in [1.807, 2.05) is 6.07 Å². The molecule has 0 saturated carbocycles. The van der Waals surface area contributed by atoms with Gasteiger partial charge in [-0.3, -0.25) is 4.79 Å². The highest BCUT2D eigenvalue weighted by Gasteiger charge is 2.22. The van der Waals surface area contributed by atoms with Gasteiger partial charge in [0.2, 0.25) is 0 Å². The van der Waals surface area contributed by atoms with Crippen LogP contribution >= 0.6 is 11.3 Å². The molecule has 1 unspecified atom stereocenters. The van der Waals surface area contributed by atoms with E-state index in [1.54, 1.807) is 25.3 Å². The van der Waals surface area contributed by atoms with E-state index in [2.05, 4.69) is 5.32 Å². The summed E-state index contributed by atoms with van der Waals surface area (Å²) >= 11 is 1.51. The van der Waals surface area contributed by atoms with Crippen molar-refractivity contribution < 1.29 is 18.7 Å². The molecule has 1 amide bonds. The van der Waals surface area contributed by atoms with Gasteiger partial charge in [-0.15, -0.1) is 11.3 Å². The number of nitrogens with one attached hydrogen (secondary N) is 1. The second-order valence-corrected chi connectivity index (χ2v) is 7.45. The summed E-state index contributed by atoms with van der Waals surface area (Å²) in [6.45, 7) is 1.86. The van der Waals surface area contributed by atoms with Gasteiger partial charge in [-0.25, -0.2) is 4.79 Å². The van der Waals surface area contributed by atoms with Crippen LogP contribution in [0.4, 0.5) is 0 Å². The summed E-state index contributed by atoms with van der Waals surface area (Å²) in [7, 11) is 0. The van der Waals surface area contributed by atoms with Crippen molar-refractivity contribution in [1.82, 2.24) is 5.32 Å². The third-order valence-corrected chi connectivity index (χ3v) is 5.58. The number of aryl methyl sites for hydroxylation is 2. The Hall–Kier alpha value is -2.08. The van der Waals surface area contributed by atoms with Crippen LogP contribution in [0, 0.1) is 0 Å². The van der Waals surface area contributed by atoms with Crippen LogP contribution in [0.15, 0.2) is 28.9 Å². The van der Waals surface area contributed by atoms with Crippen LogP contribution in [0.1, 0.15) is 58.5 Å². The highest BCUT2D eigenvalue weighted by molar-refractivity contribution is 7.14. The molecule has 0 radical (unpaired) electrons. The van der Waals surface area contributed by atoms with Crippen LogP contribution in [0.5, 0.6) is 0 Å². The summed E-state index contributed by atoms with van der Waals surface area (Å²) in [5.41, 5.74) is 1.27. The summed E-state index contributed by atoms with van der Waals surface area (Å²) in [6, 6.07) is 5.48. The lowest BCUT2D eigenvalue weighted by Gasteiger charge is -2.12. The molecule has 6 heteroatoms. The Balaban J connectivity index is 1.55. The molecule has 0 fully saturated rings. The maximum Gasteiger partial charge on any atom is 0.349 e. The predicted octanol–water partition coefficient (Wildman–Crippen LogP) is 3.86. The fraction of sp³-hybridized carbons (Fsp3) is 0.474. The van der Waals surface area contributed by atoms with Gasteiger partial charge < -0.3 is 14.5 Å². The van der Waals surface area contributed by atoms with Gasteiger partial charge in [0.25, 0.3) is 5.91 Å². The maximum absolute atomic E-state index is 12.4. The molecule has 1 aliphatic rings. The second-order valence-electron chi connectivity index (χ2n) is 6.32. The number of rotatable bonds is 5. The van der Waals surface area contributed by atoms with Crippen molar-refractivity contribution in [3.05, 3.63) is 45.5 Å². The maximum atomic E-state index is 12.4. The lowest BCUT2D eigenvalue weighted by Crippen LogP contribution is -2.35. The molecule has 134 valence electrons. The molecule has 2 heterocycles. The zero-order chi connectivity index (χ0) is 17.6. The molecule has 1 aliphatic carbocycles. The zero-order valence-electron chi connectivity index (χ0n) is 14.4. The average molecular weight is 361 g/mol. The van der Waals surface area contributed by atoms with Gasteiger partial charge in [-0.05, 0) is 56.4 Å². The Morgan fingerprint density at radius 1 is 1.28 bits per heavy atom. The van der Waals surface area contributed by atoms with E-state index in [-0.39, 0.29) is 12.5 Å². The Morgan fingerprint density at radius 3 is 2.84 bits per heavy atom. The number of furan rings is 1. The Morgan fingerprint density at radius 2 is 2.08 bits per heavy atom. The lowest BCUT2D eigenvalue weighted by molar-refractivity contribution is -0.129. The summed E-state index contributed by atoms with van der Waals surface area (Å²) in [6.07, 6.45) is 7.62. The number of esters is 1. The SMILES string of the molecule is CC(OC(=O)c1cc2c(s1)CCCCCC2)C(=O)NCc1ccco1. The monoisotopic (exact) mass is 361 g/mol. The van der Waals surface area contributed by atoms with Crippen LogP contribution < -0.4 is 5.32 Å². The topological polar surface area (TPSA) is 68.5 Å². The molecule has 1 N–H and O–H groups in total. The van der Waals surface area contributed by atoms with Gasteiger partial charge >= 0.3 is 5.97 Å². The first-order valence-corrected chi connectivity index (χ1v) is 9.58. The van der Waals surface area contributed by atoms with Gasteiger partial charge in [0.05, 0.1) is 12.8 Å². The molecular formula is C19H23NO4S. The van der Waals surface area contributed by atoms with E-state index >= 15 is 0 Å². The Kier molecular flexibility index (Phi) is 5.91. The molecule has 1 atom stereocenters. The first-order chi connectivity index (χ1) is 12.1. The Bertz CT molecular complexity index is 694. The first-order valence-electron chi connectivity index (χ1n) is 8.76. The zero-order valence-corrected chi connectivity index (χ0v) is 15.2. The van der Waals surface area contributed by atoms with Crippen LogP contribution in [-0.2, 0) is 28.9 Å². The third kappa shape index (κ3) is 4.72. The van der Waals surface area contributed by atoms with Gasteiger partial charge in [0.1, 0.15) is 10.6 Å². The molecule has 0 aliphatic heterocycles. The quantitative estimate of drug-likeness (QED) is 0.821. The largest absolute Gasteiger partial charge is 0.467 e. The molecule has 3 rings (SSSR count). The molecule has 2 aromatic heterocycles. The highest BCUT2D eigenvalue weighted by atomic mass is 32.1. The summed E-state index contributed by atoms with van der Waals surface area (Å²) < 4.78 is 10.5. The summed E-state index contributed by atoms with van der Waals surface area (Å²) in [5.74, 6) is -0.0954. The number of amides is 1. The minimum atomic E-state index is -0.841. The number of hydrogen-bond acceptors (Lipinski definition) is 5. The molecule has 0 spiro atoms. The average Bonchev–Trinajstić information content (AvgIpc) is 3.22. The van der Waals surface area contributed by atoms with Gasteiger partial charge in [-0.1, -0.05) is 12.8 Å². The van der Waals surface area contributed by atoms with E-state index < -0.39 is 12.1 Å². The summed E-state index contributed by atoms with van der Waals surface area (Å²) in [4.78, 5) is 26.3. The van der Waals surface area contributed by atoms with Crippen LogP contribution in [-0.4, -0.2) is 18.0 Å². The smallest absolute Gasteiger partial charge is 0.349 e. The summed E-state index contributed by atoms with van der Waals surface area (Å²) in [5, 5.41) is 2.70. The van der Waals surface area contributed by atoms with E-state index in [9.17, 15) is 9.59 Å². The van der Waals surface area contributed by atoms with E-state index in [0.717, 1.165) is 12.8 Å². The van der Waals surface area contributed by atoms with Crippen molar-refractivity contribution in [2.45, 2.75) is 58.1 Å². The van der Waals surface area contributed by atoms with Crippen molar-refractivity contribution >= 4 is 23.2 Å². The number of ether oxygens (including phenoxy) is 1. The van der Waals surface area contributed by atoms with Crippen molar-refractivity contribution in [2.24, 2.45) is 0 Å². The fourth-order valence-electron chi connectivity index (χ4n) is 2.95. The normalized spacial score (nSPS) is 15.6.